The maximum atomic E-state index is 14.5. The van der Waals surface area contributed by atoms with Crippen molar-refractivity contribution in [1.29, 1.82) is 0 Å². The zero-order chi connectivity index (χ0) is 24.8. The summed E-state index contributed by atoms with van der Waals surface area (Å²) >= 11 is 6.64. The van der Waals surface area contributed by atoms with E-state index in [0.717, 1.165) is 5.56 Å². The Morgan fingerprint density at radius 1 is 0.857 bits per heavy atom. The van der Waals surface area contributed by atoms with E-state index in [-0.39, 0.29) is 16.3 Å². The lowest BCUT2D eigenvalue weighted by molar-refractivity contribution is 0.372. The molecule has 3 atom stereocenters. The summed E-state index contributed by atoms with van der Waals surface area (Å²) in [5.74, 6) is -0.432. The average molecular weight is 528 g/mol. The van der Waals surface area contributed by atoms with Crippen molar-refractivity contribution >= 4 is 31.5 Å². The molecule has 35 heavy (non-hydrogen) atoms. The maximum Gasteiger partial charge on any atom is 0.243 e. The molecule has 0 unspecified atom stereocenters. The Labute approximate surface area is 212 Å². The predicted molar refractivity (Wildman–Crippen MR) is 137 cm³/mol. The van der Waals surface area contributed by atoms with Crippen molar-refractivity contribution in [3.8, 4) is 0 Å². The molecule has 0 aromatic heterocycles. The first-order valence-electron chi connectivity index (χ1n) is 11.5. The molecule has 1 heterocycles. The lowest BCUT2D eigenvalue weighted by Crippen LogP contribution is -2.48. The van der Waals surface area contributed by atoms with E-state index in [1.807, 2.05) is 13.0 Å². The molecule has 0 bridgehead atoms. The number of fused-ring (bicyclic) bond motifs is 1. The first-order valence-corrected chi connectivity index (χ1v) is 14.8. The fourth-order valence-electron chi connectivity index (χ4n) is 5.46. The summed E-state index contributed by atoms with van der Waals surface area (Å²) in [7, 11) is -8.04. The van der Waals surface area contributed by atoms with Crippen LogP contribution in [0.4, 0.5) is 0 Å². The second-order valence-corrected chi connectivity index (χ2v) is 13.6. The molecule has 8 heteroatoms. The number of allylic oxidation sites excluding steroid dienone is 1. The highest BCUT2D eigenvalue weighted by Gasteiger charge is 2.64. The summed E-state index contributed by atoms with van der Waals surface area (Å²) < 4.78 is 56.8. The third-order valence-electron chi connectivity index (χ3n) is 7.16. The van der Waals surface area contributed by atoms with Gasteiger partial charge in [-0.05, 0) is 61.6 Å². The topological polar surface area (TPSA) is 71.5 Å². The number of aryl methyl sites for hydroxylation is 1. The zero-order valence-corrected chi connectivity index (χ0v) is 21.6. The SMILES string of the molecule is Cc1ccc(S(=O)(=O)[C@]23C=CCC[C@H]2CN(S(=O)(=O)c2ccccc2)[C@H]3c2ccccc2Cl)cc1. The van der Waals surface area contributed by atoms with Crippen LogP contribution in [0.5, 0.6) is 0 Å². The quantitative estimate of drug-likeness (QED) is 0.406. The Balaban J connectivity index is 1.80. The van der Waals surface area contributed by atoms with Gasteiger partial charge in [0.25, 0.3) is 0 Å². The Morgan fingerprint density at radius 3 is 2.20 bits per heavy atom. The fourth-order valence-corrected chi connectivity index (χ4v) is 9.84. The van der Waals surface area contributed by atoms with Gasteiger partial charge in [0.05, 0.1) is 15.8 Å². The lowest BCUT2D eigenvalue weighted by atomic mass is 9.80. The number of nitrogens with zero attached hydrogens (tertiary/aromatic N) is 1. The molecule has 3 aromatic carbocycles. The summed E-state index contributed by atoms with van der Waals surface area (Å²) in [5, 5.41) is 0.337. The average Bonchev–Trinajstić information content (AvgIpc) is 3.23. The number of benzene rings is 3. The molecule has 1 aliphatic carbocycles. The van der Waals surface area contributed by atoms with Crippen LogP contribution in [-0.4, -0.2) is 32.4 Å². The molecule has 1 saturated heterocycles. The zero-order valence-electron chi connectivity index (χ0n) is 19.2. The molecule has 5 nitrogen and oxygen atoms in total. The highest BCUT2D eigenvalue weighted by molar-refractivity contribution is 7.93. The van der Waals surface area contributed by atoms with Gasteiger partial charge in [-0.3, -0.25) is 0 Å². The number of rotatable bonds is 5. The minimum absolute atomic E-state index is 0.0859. The van der Waals surface area contributed by atoms with E-state index >= 15 is 0 Å². The van der Waals surface area contributed by atoms with Gasteiger partial charge in [-0.2, -0.15) is 4.31 Å². The largest absolute Gasteiger partial charge is 0.243 e. The minimum atomic E-state index is -4.02. The summed E-state index contributed by atoms with van der Waals surface area (Å²) in [6.07, 6.45) is 4.84. The Kier molecular flexibility index (Phi) is 6.16. The van der Waals surface area contributed by atoms with Gasteiger partial charge in [0.2, 0.25) is 10.0 Å². The Bertz CT molecular complexity index is 1490. The van der Waals surface area contributed by atoms with E-state index < -0.39 is 36.6 Å². The number of hydrogen-bond acceptors (Lipinski definition) is 4. The summed E-state index contributed by atoms with van der Waals surface area (Å²) in [5.41, 5.74) is 1.43. The number of halogens is 1. The van der Waals surface area contributed by atoms with Crippen molar-refractivity contribution in [3.63, 3.8) is 0 Å². The van der Waals surface area contributed by atoms with E-state index in [4.69, 9.17) is 11.6 Å². The van der Waals surface area contributed by atoms with Crippen molar-refractivity contribution in [2.45, 2.75) is 40.3 Å². The molecule has 0 saturated carbocycles. The van der Waals surface area contributed by atoms with Crippen LogP contribution in [-0.2, 0) is 19.9 Å². The molecule has 0 spiro atoms. The van der Waals surface area contributed by atoms with Crippen molar-refractivity contribution in [1.82, 2.24) is 4.31 Å². The first kappa shape index (κ1) is 24.3. The van der Waals surface area contributed by atoms with Gasteiger partial charge in [-0.1, -0.05) is 77.8 Å². The smallest absolute Gasteiger partial charge is 0.223 e. The molecule has 5 rings (SSSR count). The molecule has 1 fully saturated rings. The number of hydrogen-bond donors (Lipinski definition) is 0. The van der Waals surface area contributed by atoms with Gasteiger partial charge >= 0.3 is 0 Å². The van der Waals surface area contributed by atoms with Gasteiger partial charge < -0.3 is 0 Å². The van der Waals surface area contributed by atoms with Crippen LogP contribution in [0.15, 0.2) is 101 Å². The number of sulfone groups is 1. The summed E-state index contributed by atoms with van der Waals surface area (Å²) in [4.78, 5) is 0.304. The van der Waals surface area contributed by atoms with E-state index in [9.17, 15) is 16.8 Å². The van der Waals surface area contributed by atoms with Crippen LogP contribution in [0.25, 0.3) is 0 Å². The van der Waals surface area contributed by atoms with Crippen LogP contribution < -0.4 is 0 Å². The summed E-state index contributed by atoms with van der Waals surface area (Å²) in [6.45, 7) is 1.98. The normalized spacial score (nSPS) is 24.9. The molecule has 0 radical (unpaired) electrons. The van der Waals surface area contributed by atoms with Crippen molar-refractivity contribution in [2.24, 2.45) is 5.92 Å². The molecule has 0 amide bonds. The third-order valence-corrected chi connectivity index (χ3v) is 11.9. The van der Waals surface area contributed by atoms with Crippen molar-refractivity contribution in [3.05, 3.63) is 107 Å². The van der Waals surface area contributed by atoms with Crippen LogP contribution in [0.1, 0.15) is 30.0 Å². The van der Waals surface area contributed by atoms with Gasteiger partial charge in [0, 0.05) is 11.6 Å². The summed E-state index contributed by atoms with van der Waals surface area (Å²) in [6, 6.07) is 20.8. The maximum absolute atomic E-state index is 14.5. The monoisotopic (exact) mass is 527 g/mol. The number of sulfonamides is 1. The van der Waals surface area contributed by atoms with E-state index in [0.29, 0.717) is 23.4 Å². The minimum Gasteiger partial charge on any atom is -0.223 e. The molecule has 2 aliphatic rings. The van der Waals surface area contributed by atoms with Gasteiger partial charge in [-0.15, -0.1) is 0 Å². The second-order valence-electron chi connectivity index (χ2n) is 9.16. The van der Waals surface area contributed by atoms with Crippen LogP contribution in [0.3, 0.4) is 0 Å². The lowest BCUT2D eigenvalue weighted by Gasteiger charge is -2.40. The molecule has 182 valence electrons. The predicted octanol–water partition coefficient (Wildman–Crippen LogP) is 5.57. The van der Waals surface area contributed by atoms with Crippen molar-refractivity contribution < 1.29 is 16.8 Å². The fraction of sp³-hybridized carbons (Fsp3) is 0.259. The van der Waals surface area contributed by atoms with Crippen LogP contribution in [0.2, 0.25) is 5.02 Å². The molecule has 0 N–H and O–H groups in total. The second kappa shape index (κ2) is 8.89. The molecule has 1 aliphatic heterocycles. The highest BCUT2D eigenvalue weighted by Crippen LogP contribution is 2.57. The van der Waals surface area contributed by atoms with Gasteiger partial charge in [-0.25, -0.2) is 16.8 Å². The van der Waals surface area contributed by atoms with Crippen molar-refractivity contribution in [2.75, 3.05) is 6.54 Å². The Hall–Kier alpha value is -2.45. The molecular weight excluding hydrogens is 502 g/mol. The Morgan fingerprint density at radius 2 is 1.51 bits per heavy atom. The highest BCUT2D eigenvalue weighted by atomic mass is 35.5. The van der Waals surface area contributed by atoms with E-state index in [2.05, 4.69) is 0 Å². The van der Waals surface area contributed by atoms with E-state index in [1.165, 1.54) is 16.4 Å². The van der Waals surface area contributed by atoms with Gasteiger partial charge in [0.1, 0.15) is 4.75 Å². The van der Waals surface area contributed by atoms with E-state index in [1.54, 1.807) is 72.8 Å². The van der Waals surface area contributed by atoms with Crippen LogP contribution in [0, 0.1) is 12.8 Å². The third kappa shape index (κ3) is 3.76. The molecule has 3 aromatic rings. The van der Waals surface area contributed by atoms with Crippen LogP contribution >= 0.6 is 11.6 Å². The molecular formula is C27H26ClNO4S2. The standard InChI is InChI=1S/C27H26ClNO4S2/c1-20-14-16-22(17-15-20)34(30,31)27-18-8-7-9-21(27)19-29(26(27)24-12-5-6-13-25(24)28)35(32,33)23-10-3-2-4-11-23/h2-6,8,10-18,21,26H,7,9,19H2,1H3/t21-,26-,27+/m0/s1. The van der Waals surface area contributed by atoms with Gasteiger partial charge in [0.15, 0.2) is 9.84 Å². The first-order chi connectivity index (χ1) is 16.7.